The first-order valence-corrected chi connectivity index (χ1v) is 10.3. The van der Waals surface area contributed by atoms with Gasteiger partial charge in [-0.1, -0.05) is 32.1 Å². The van der Waals surface area contributed by atoms with Crippen molar-refractivity contribution >= 4 is 28.3 Å². The summed E-state index contributed by atoms with van der Waals surface area (Å²) in [4.78, 5) is 31.6. The summed E-state index contributed by atoms with van der Waals surface area (Å²) in [5.74, 6) is -0.0569. The van der Waals surface area contributed by atoms with Crippen LogP contribution in [0.1, 0.15) is 52.4 Å². The minimum absolute atomic E-state index is 0.00309. The van der Waals surface area contributed by atoms with Gasteiger partial charge in [0.25, 0.3) is 11.8 Å². The van der Waals surface area contributed by atoms with E-state index in [0.29, 0.717) is 24.3 Å². The summed E-state index contributed by atoms with van der Waals surface area (Å²) in [5.41, 5.74) is 5.05. The number of carbonyl (C=O) groups excluding carboxylic acids is 2. The maximum atomic E-state index is 12.8. The van der Waals surface area contributed by atoms with E-state index in [9.17, 15) is 9.59 Å². The van der Waals surface area contributed by atoms with E-state index in [1.54, 1.807) is 25.2 Å². The van der Waals surface area contributed by atoms with Crippen LogP contribution in [-0.4, -0.2) is 64.0 Å². The molecule has 7 nitrogen and oxygen atoms in total. The number of hydrogen-bond acceptors (Lipinski definition) is 3. The molecule has 0 bridgehead atoms. The number of nitrogens with one attached hydrogen (secondary N) is 2. The van der Waals surface area contributed by atoms with Crippen LogP contribution in [0.4, 0.5) is 0 Å². The lowest BCUT2D eigenvalue weighted by Gasteiger charge is -2.27. The molecule has 0 radical (unpaired) electrons. The number of benzene rings is 1. The molecular formula is C23H29N5O2. The summed E-state index contributed by atoms with van der Waals surface area (Å²) in [6.07, 6.45) is 4.58. The minimum Gasteiger partial charge on any atom is -0.351 e. The van der Waals surface area contributed by atoms with E-state index >= 15 is 0 Å². The average Bonchev–Trinajstić information content (AvgIpc) is 3.39. The lowest BCUT2D eigenvalue weighted by Crippen LogP contribution is -2.35. The van der Waals surface area contributed by atoms with Gasteiger partial charge in [-0.2, -0.15) is 5.10 Å². The fourth-order valence-corrected chi connectivity index (χ4v) is 3.55. The van der Waals surface area contributed by atoms with Crippen molar-refractivity contribution in [2.45, 2.75) is 27.2 Å². The van der Waals surface area contributed by atoms with Gasteiger partial charge in [-0.15, -0.1) is 0 Å². The van der Waals surface area contributed by atoms with Crippen LogP contribution in [0.15, 0.2) is 36.5 Å². The second-order valence-electron chi connectivity index (χ2n) is 7.34. The predicted molar refractivity (Wildman–Crippen MR) is 119 cm³/mol. The van der Waals surface area contributed by atoms with E-state index in [4.69, 9.17) is 0 Å². The van der Waals surface area contributed by atoms with E-state index in [0.717, 1.165) is 34.2 Å². The van der Waals surface area contributed by atoms with Crippen molar-refractivity contribution in [3.05, 3.63) is 59.1 Å². The predicted octanol–water partition coefficient (Wildman–Crippen LogP) is 3.86. The largest absolute Gasteiger partial charge is 0.351 e. The highest BCUT2D eigenvalue weighted by Crippen LogP contribution is 2.26. The first-order valence-electron chi connectivity index (χ1n) is 10.3. The molecule has 0 saturated carbocycles. The highest BCUT2D eigenvalue weighted by Gasteiger charge is 2.23. The van der Waals surface area contributed by atoms with Gasteiger partial charge in [0.15, 0.2) is 0 Å². The van der Waals surface area contributed by atoms with Gasteiger partial charge in [0.1, 0.15) is 5.69 Å². The Morgan fingerprint density at radius 2 is 1.93 bits per heavy atom. The van der Waals surface area contributed by atoms with Crippen molar-refractivity contribution in [3.63, 3.8) is 0 Å². The van der Waals surface area contributed by atoms with Crippen LogP contribution in [0.5, 0.6) is 0 Å². The van der Waals surface area contributed by atoms with Gasteiger partial charge in [-0.05, 0) is 36.6 Å². The van der Waals surface area contributed by atoms with Crippen molar-refractivity contribution in [2.24, 2.45) is 0 Å². The second kappa shape index (κ2) is 8.98. The molecular weight excluding hydrogens is 378 g/mol. The summed E-state index contributed by atoms with van der Waals surface area (Å²) in [6, 6.07) is 7.97. The van der Waals surface area contributed by atoms with Crippen LogP contribution in [-0.2, 0) is 0 Å². The molecule has 0 atom stereocenters. The summed E-state index contributed by atoms with van der Waals surface area (Å²) >= 11 is 0. The second-order valence-corrected chi connectivity index (χ2v) is 7.34. The van der Waals surface area contributed by atoms with Gasteiger partial charge in [0, 0.05) is 43.8 Å². The quantitative estimate of drug-likeness (QED) is 0.691. The molecule has 0 unspecified atom stereocenters. The molecule has 7 heteroatoms. The fraction of sp³-hybridized carbons (Fsp3) is 0.348. The number of hydrogen-bond donors (Lipinski definition) is 2. The molecule has 3 heterocycles. The number of aromatic nitrogens is 3. The molecule has 3 aromatic rings. The van der Waals surface area contributed by atoms with E-state index in [1.807, 2.05) is 49.9 Å². The SMILES string of the molecule is CC.Cc1[nH]ncc1C(=O)N1CCC=C(c2ccc3cc(C(=O)N(C)C)[nH]c3c2)C1. The smallest absolute Gasteiger partial charge is 0.269 e. The topological polar surface area (TPSA) is 85.1 Å². The number of aryl methyl sites for hydroxylation is 1. The summed E-state index contributed by atoms with van der Waals surface area (Å²) in [7, 11) is 3.47. The Bertz CT molecular complexity index is 1090. The number of rotatable bonds is 3. The number of H-pyrrole nitrogens is 2. The number of nitrogens with zero attached hydrogens (tertiary/aromatic N) is 3. The van der Waals surface area contributed by atoms with Crippen molar-refractivity contribution in [2.75, 3.05) is 27.2 Å². The Kier molecular flexibility index (Phi) is 6.40. The number of fused-ring (bicyclic) bond motifs is 1. The molecule has 158 valence electrons. The minimum atomic E-state index is -0.0538. The third kappa shape index (κ3) is 4.15. The lowest BCUT2D eigenvalue weighted by atomic mass is 9.99. The zero-order valence-electron chi connectivity index (χ0n) is 18.2. The molecule has 2 aromatic heterocycles. The van der Waals surface area contributed by atoms with Gasteiger partial charge in [-0.25, -0.2) is 0 Å². The van der Waals surface area contributed by atoms with Crippen LogP contribution in [0.25, 0.3) is 16.5 Å². The highest BCUT2D eigenvalue weighted by atomic mass is 16.2. The Labute approximate surface area is 176 Å². The molecule has 30 heavy (non-hydrogen) atoms. The normalized spacial score (nSPS) is 13.5. The molecule has 2 amide bonds. The Balaban J connectivity index is 0.00000124. The van der Waals surface area contributed by atoms with Crippen molar-refractivity contribution in [3.8, 4) is 0 Å². The van der Waals surface area contributed by atoms with Crippen LogP contribution < -0.4 is 0 Å². The van der Waals surface area contributed by atoms with Gasteiger partial charge >= 0.3 is 0 Å². The number of amides is 2. The average molecular weight is 408 g/mol. The van der Waals surface area contributed by atoms with Crippen molar-refractivity contribution in [1.82, 2.24) is 25.0 Å². The fourth-order valence-electron chi connectivity index (χ4n) is 3.55. The Morgan fingerprint density at radius 3 is 2.60 bits per heavy atom. The third-order valence-corrected chi connectivity index (χ3v) is 5.13. The molecule has 2 N–H and O–H groups in total. The standard InChI is InChI=1S/C21H23N5O2.C2H6/c1-13-17(11-22-24-13)20(27)26-8-4-5-16(12-26)14-6-7-15-10-19(21(28)25(2)3)23-18(15)9-14;1-2/h5-7,9-11,23H,4,8,12H2,1-3H3,(H,22,24);1-2H3. The Hall–Kier alpha value is -3.35. The summed E-state index contributed by atoms with van der Waals surface area (Å²) < 4.78 is 0. The molecule has 0 spiro atoms. The Morgan fingerprint density at radius 1 is 1.17 bits per heavy atom. The van der Waals surface area contributed by atoms with Crippen LogP contribution in [0.2, 0.25) is 0 Å². The molecule has 1 aromatic carbocycles. The first-order chi connectivity index (χ1) is 14.4. The van der Waals surface area contributed by atoms with E-state index in [1.165, 1.54) is 0 Å². The first kappa shape index (κ1) is 21.4. The molecule has 0 fully saturated rings. The van der Waals surface area contributed by atoms with Gasteiger partial charge in [-0.3, -0.25) is 14.7 Å². The summed E-state index contributed by atoms with van der Waals surface area (Å²) in [6.45, 7) is 7.10. The van der Waals surface area contributed by atoms with E-state index in [-0.39, 0.29) is 11.8 Å². The maximum Gasteiger partial charge on any atom is 0.269 e. The number of carbonyl (C=O) groups is 2. The lowest BCUT2D eigenvalue weighted by molar-refractivity contribution is 0.0773. The van der Waals surface area contributed by atoms with Crippen molar-refractivity contribution in [1.29, 1.82) is 0 Å². The zero-order valence-corrected chi connectivity index (χ0v) is 18.2. The molecule has 1 aliphatic heterocycles. The van der Waals surface area contributed by atoms with Gasteiger partial charge < -0.3 is 14.8 Å². The summed E-state index contributed by atoms with van der Waals surface area (Å²) in [5, 5.41) is 7.77. The maximum absolute atomic E-state index is 12.8. The van der Waals surface area contributed by atoms with Gasteiger partial charge in [0.05, 0.1) is 11.8 Å². The van der Waals surface area contributed by atoms with Crippen LogP contribution in [0, 0.1) is 6.92 Å². The van der Waals surface area contributed by atoms with E-state index in [2.05, 4.69) is 21.3 Å². The monoisotopic (exact) mass is 407 g/mol. The highest BCUT2D eigenvalue weighted by molar-refractivity contribution is 5.99. The van der Waals surface area contributed by atoms with Crippen LogP contribution in [0.3, 0.4) is 0 Å². The number of aromatic amines is 2. The molecule has 4 rings (SSSR count). The molecule has 0 saturated heterocycles. The molecule has 1 aliphatic rings. The van der Waals surface area contributed by atoms with Gasteiger partial charge in [0.2, 0.25) is 0 Å². The van der Waals surface area contributed by atoms with Crippen LogP contribution >= 0.6 is 0 Å². The van der Waals surface area contributed by atoms with Crippen molar-refractivity contribution < 1.29 is 9.59 Å². The zero-order chi connectivity index (χ0) is 21.8. The van der Waals surface area contributed by atoms with E-state index < -0.39 is 0 Å². The molecule has 0 aliphatic carbocycles. The third-order valence-electron chi connectivity index (χ3n) is 5.13.